The van der Waals surface area contributed by atoms with Gasteiger partial charge in [0.1, 0.15) is 5.76 Å². The molecule has 1 heterocycles. The van der Waals surface area contributed by atoms with Gasteiger partial charge in [0.05, 0.1) is 0 Å². The Bertz CT molecular complexity index is 858. The van der Waals surface area contributed by atoms with Crippen molar-refractivity contribution in [3.63, 3.8) is 0 Å². The molecule has 0 radical (unpaired) electrons. The van der Waals surface area contributed by atoms with E-state index in [0.717, 1.165) is 35.6 Å². The molecule has 0 saturated carbocycles. The van der Waals surface area contributed by atoms with Crippen molar-refractivity contribution in [3.05, 3.63) is 103 Å². The van der Waals surface area contributed by atoms with E-state index in [1.165, 1.54) is 0 Å². The Hall–Kier alpha value is -2.26. The number of aromatic nitrogens is 1. The van der Waals surface area contributed by atoms with Crippen LogP contribution in [0, 0.1) is 11.3 Å². The van der Waals surface area contributed by atoms with Crippen LogP contribution in [0.5, 0.6) is 0 Å². The molecule has 1 aliphatic rings. The monoisotopic (exact) mass is 437 g/mol. The molecule has 2 unspecified atom stereocenters. The van der Waals surface area contributed by atoms with Crippen LogP contribution in [0.25, 0.3) is 0 Å². The summed E-state index contributed by atoms with van der Waals surface area (Å²) in [7, 11) is -1.13. The quantitative estimate of drug-likeness (QED) is 0.188. The largest absolute Gasteiger partial charge is 0.450 e. The van der Waals surface area contributed by atoms with Crippen molar-refractivity contribution in [1.82, 2.24) is 4.98 Å². The molecule has 0 bridgehead atoms. The Kier molecular flexibility index (Phi) is 9.18. The fourth-order valence-electron chi connectivity index (χ4n) is 4.06. The van der Waals surface area contributed by atoms with Gasteiger partial charge in [-0.25, -0.2) is 0 Å². The maximum absolute atomic E-state index is 6.46. The first-order valence-electron chi connectivity index (χ1n) is 11.0. The summed E-state index contributed by atoms with van der Waals surface area (Å²) >= 11 is 0. The van der Waals surface area contributed by atoms with Gasteiger partial charge in [0.2, 0.25) is 0 Å². The van der Waals surface area contributed by atoms with Crippen LogP contribution in [0.1, 0.15) is 45.2 Å². The summed E-state index contributed by atoms with van der Waals surface area (Å²) in [5.41, 5.74) is 2.00. The summed E-state index contributed by atoms with van der Waals surface area (Å²) in [6, 6.07) is 6.12. The first kappa shape index (κ1) is 25.0. The van der Waals surface area contributed by atoms with Gasteiger partial charge >= 0.3 is 0 Å². The lowest BCUT2D eigenvalue weighted by atomic mass is 9.65. The van der Waals surface area contributed by atoms with Crippen LogP contribution in [0.2, 0.25) is 0 Å². The standard InChI is InChI=1S/C28H39NOS/c1-8-10-12-16-23(3)27(26-17-13-14-20-29-26)28(4,5)24-18-19-25(22-24)30-31(6,7)21-15-11-9-2/h8-10,12-14,16-20,22,24,27H,2-3,11,15,21H2,1,4-7H3/b10-8-,16-12-. The van der Waals surface area contributed by atoms with Gasteiger partial charge in [-0.3, -0.25) is 4.98 Å². The molecule has 1 aliphatic carbocycles. The Morgan fingerprint density at radius 2 is 2.06 bits per heavy atom. The van der Waals surface area contributed by atoms with E-state index < -0.39 is 10.3 Å². The predicted octanol–water partition coefficient (Wildman–Crippen LogP) is 7.91. The molecule has 168 valence electrons. The van der Waals surface area contributed by atoms with E-state index in [9.17, 15) is 0 Å². The lowest BCUT2D eigenvalue weighted by molar-refractivity contribution is 0.259. The van der Waals surface area contributed by atoms with Crippen LogP contribution in [0.3, 0.4) is 0 Å². The molecule has 2 rings (SSSR count). The van der Waals surface area contributed by atoms with Crippen molar-refractivity contribution in [2.24, 2.45) is 11.3 Å². The van der Waals surface area contributed by atoms with Gasteiger partial charge in [-0.2, -0.15) is 0 Å². The number of hydrogen-bond donors (Lipinski definition) is 0. The van der Waals surface area contributed by atoms with Crippen molar-refractivity contribution < 1.29 is 4.18 Å². The van der Waals surface area contributed by atoms with Crippen LogP contribution in [-0.4, -0.2) is 23.2 Å². The third-order valence-electron chi connectivity index (χ3n) is 5.75. The highest BCUT2D eigenvalue weighted by atomic mass is 32.3. The number of rotatable bonds is 12. The molecule has 0 spiro atoms. The zero-order chi connectivity index (χ0) is 22.9. The summed E-state index contributed by atoms with van der Waals surface area (Å²) < 4.78 is 6.46. The minimum absolute atomic E-state index is 0.0911. The summed E-state index contributed by atoms with van der Waals surface area (Å²) in [6.07, 6.45) is 25.4. The van der Waals surface area contributed by atoms with Crippen LogP contribution >= 0.6 is 10.3 Å². The van der Waals surface area contributed by atoms with Gasteiger partial charge in [-0.05, 0) is 67.5 Å². The van der Waals surface area contributed by atoms with Gasteiger partial charge in [0, 0.05) is 29.5 Å². The maximum atomic E-state index is 6.46. The number of unbranched alkanes of at least 4 members (excludes halogenated alkanes) is 1. The Balaban J connectivity index is 2.26. The molecular formula is C28H39NOS. The van der Waals surface area contributed by atoms with Crippen molar-refractivity contribution in [1.29, 1.82) is 0 Å². The van der Waals surface area contributed by atoms with Crippen LogP contribution in [0.15, 0.2) is 97.5 Å². The van der Waals surface area contributed by atoms with E-state index in [1.807, 2.05) is 37.4 Å². The van der Waals surface area contributed by atoms with Crippen molar-refractivity contribution in [2.45, 2.75) is 39.5 Å². The first-order chi connectivity index (χ1) is 14.7. The fraction of sp³-hybridized carbons (Fsp3) is 0.393. The van der Waals surface area contributed by atoms with Crippen LogP contribution < -0.4 is 0 Å². The molecule has 2 nitrogen and oxygen atoms in total. The lowest BCUT2D eigenvalue weighted by Crippen LogP contribution is -2.30. The minimum Gasteiger partial charge on any atom is -0.450 e. The van der Waals surface area contributed by atoms with Crippen molar-refractivity contribution in [3.8, 4) is 0 Å². The molecule has 0 fully saturated rings. The van der Waals surface area contributed by atoms with E-state index in [4.69, 9.17) is 9.17 Å². The lowest BCUT2D eigenvalue weighted by Gasteiger charge is -2.38. The summed E-state index contributed by atoms with van der Waals surface area (Å²) in [5, 5.41) is 0. The minimum atomic E-state index is -1.13. The van der Waals surface area contributed by atoms with Crippen molar-refractivity contribution >= 4 is 10.3 Å². The molecule has 1 aromatic rings. The molecule has 3 heteroatoms. The summed E-state index contributed by atoms with van der Waals surface area (Å²) in [5.74, 6) is 2.41. The Morgan fingerprint density at radius 3 is 2.71 bits per heavy atom. The average molecular weight is 438 g/mol. The zero-order valence-electron chi connectivity index (χ0n) is 19.9. The summed E-state index contributed by atoms with van der Waals surface area (Å²) in [6.45, 7) is 14.9. The van der Waals surface area contributed by atoms with Gasteiger partial charge in [-0.15, -0.1) is 6.58 Å². The van der Waals surface area contributed by atoms with E-state index in [-0.39, 0.29) is 17.3 Å². The molecule has 0 aliphatic heterocycles. The molecule has 0 N–H and O–H groups in total. The highest BCUT2D eigenvalue weighted by Crippen LogP contribution is 2.50. The van der Waals surface area contributed by atoms with Gasteiger partial charge < -0.3 is 4.18 Å². The second-order valence-corrected chi connectivity index (χ2v) is 12.5. The highest BCUT2D eigenvalue weighted by Gasteiger charge is 2.39. The second kappa shape index (κ2) is 11.4. The molecule has 2 atom stereocenters. The van der Waals surface area contributed by atoms with Crippen molar-refractivity contribution in [2.75, 3.05) is 18.3 Å². The second-order valence-electron chi connectivity index (χ2n) is 9.08. The Morgan fingerprint density at radius 1 is 1.29 bits per heavy atom. The number of allylic oxidation sites excluding steroid dienone is 9. The van der Waals surface area contributed by atoms with E-state index >= 15 is 0 Å². The SMILES string of the molecule is C=CCCCS(C)(C)OC1=CC(C(C)(C)C(C(=C)/C=C\C=C/C)c2ccccn2)C=C1. The Labute approximate surface area is 191 Å². The number of nitrogens with zero attached hydrogens (tertiary/aromatic N) is 1. The third kappa shape index (κ3) is 7.14. The molecule has 0 aromatic carbocycles. The normalized spacial score (nSPS) is 18.4. The molecule has 0 saturated heterocycles. The van der Waals surface area contributed by atoms with Gasteiger partial charge in [-0.1, -0.05) is 73.3 Å². The first-order valence-corrected chi connectivity index (χ1v) is 13.6. The summed E-state index contributed by atoms with van der Waals surface area (Å²) in [4.78, 5) is 4.69. The smallest absolute Gasteiger partial charge is 0.131 e. The van der Waals surface area contributed by atoms with Gasteiger partial charge in [0.15, 0.2) is 0 Å². The third-order valence-corrected chi connectivity index (χ3v) is 7.66. The maximum Gasteiger partial charge on any atom is 0.131 e. The molecule has 31 heavy (non-hydrogen) atoms. The van der Waals surface area contributed by atoms with E-state index in [0.29, 0.717) is 0 Å². The van der Waals surface area contributed by atoms with Crippen LogP contribution in [0.4, 0.5) is 0 Å². The average Bonchev–Trinajstić information content (AvgIpc) is 3.18. The van der Waals surface area contributed by atoms with E-state index in [1.54, 1.807) is 0 Å². The molecule has 0 amide bonds. The van der Waals surface area contributed by atoms with E-state index in [2.05, 4.69) is 82.0 Å². The predicted molar refractivity (Wildman–Crippen MR) is 139 cm³/mol. The topological polar surface area (TPSA) is 22.1 Å². The number of pyridine rings is 1. The molecule has 1 aromatic heterocycles. The van der Waals surface area contributed by atoms with Crippen LogP contribution in [-0.2, 0) is 4.18 Å². The van der Waals surface area contributed by atoms with Gasteiger partial charge in [0.25, 0.3) is 0 Å². The molecular weight excluding hydrogens is 398 g/mol. The highest BCUT2D eigenvalue weighted by molar-refractivity contribution is 8.28. The fourth-order valence-corrected chi connectivity index (χ4v) is 5.63. The number of hydrogen-bond acceptors (Lipinski definition) is 2. The zero-order valence-corrected chi connectivity index (χ0v) is 20.7.